The number of amides is 3. The fourth-order valence-electron chi connectivity index (χ4n) is 4.22. The first kappa shape index (κ1) is 18.1. The number of hydrogen-bond acceptors (Lipinski definition) is 5. The van der Waals surface area contributed by atoms with Gasteiger partial charge >= 0.3 is 6.03 Å². The molecular formula is C20H24N4O2S. The van der Waals surface area contributed by atoms with Crippen molar-refractivity contribution in [2.75, 3.05) is 19.6 Å². The van der Waals surface area contributed by atoms with Gasteiger partial charge in [0.2, 0.25) is 0 Å². The Labute approximate surface area is 163 Å². The summed E-state index contributed by atoms with van der Waals surface area (Å²) in [4.78, 5) is 36.1. The lowest BCUT2D eigenvalue weighted by atomic mass is 9.85. The second-order valence-electron chi connectivity index (χ2n) is 7.18. The molecular weight excluding hydrogens is 360 g/mol. The van der Waals surface area contributed by atoms with Crippen LogP contribution in [0.5, 0.6) is 0 Å². The van der Waals surface area contributed by atoms with Crippen molar-refractivity contribution in [2.24, 2.45) is 0 Å². The number of carbonyl (C=O) groups is 2. The minimum atomic E-state index is -0.689. The highest BCUT2D eigenvalue weighted by Gasteiger charge is 2.57. The number of likely N-dealkylation sites (N-methyl/N-ethyl adjacent to an activating group) is 1. The molecule has 0 N–H and O–H groups in total. The fraction of sp³-hybridized carbons (Fsp3) is 0.450. The lowest BCUT2D eigenvalue weighted by Crippen LogP contribution is -2.56. The van der Waals surface area contributed by atoms with Crippen LogP contribution >= 0.6 is 11.3 Å². The van der Waals surface area contributed by atoms with Gasteiger partial charge in [-0.2, -0.15) is 11.3 Å². The number of nitrogens with zero attached hydrogens (tertiary/aromatic N) is 4. The average molecular weight is 385 g/mol. The first-order valence-corrected chi connectivity index (χ1v) is 10.4. The van der Waals surface area contributed by atoms with Crippen molar-refractivity contribution in [3.63, 3.8) is 0 Å². The number of carbonyl (C=O) groups excluding carboxylic acids is 2. The number of aromatic nitrogens is 1. The quantitative estimate of drug-likeness (QED) is 0.744. The van der Waals surface area contributed by atoms with Gasteiger partial charge in [0.05, 0.1) is 12.2 Å². The Bertz CT molecular complexity index is 801. The second kappa shape index (κ2) is 7.40. The third-order valence-electron chi connectivity index (χ3n) is 5.65. The van der Waals surface area contributed by atoms with Crippen molar-refractivity contribution in [2.45, 2.75) is 38.4 Å². The summed E-state index contributed by atoms with van der Waals surface area (Å²) in [6, 6.07) is 7.53. The van der Waals surface area contributed by atoms with Gasteiger partial charge in [-0.3, -0.25) is 19.6 Å². The molecule has 2 aliphatic heterocycles. The van der Waals surface area contributed by atoms with E-state index in [0.29, 0.717) is 19.4 Å². The van der Waals surface area contributed by atoms with E-state index < -0.39 is 5.54 Å². The molecule has 4 heterocycles. The molecule has 3 amide bonds. The van der Waals surface area contributed by atoms with E-state index in [1.165, 1.54) is 10.5 Å². The van der Waals surface area contributed by atoms with Crippen LogP contribution in [0, 0.1) is 0 Å². The molecule has 0 aliphatic carbocycles. The minimum Gasteiger partial charge on any atom is -0.310 e. The first-order valence-electron chi connectivity index (χ1n) is 9.41. The second-order valence-corrected chi connectivity index (χ2v) is 7.96. The van der Waals surface area contributed by atoms with Crippen molar-refractivity contribution in [1.29, 1.82) is 0 Å². The topological polar surface area (TPSA) is 56.8 Å². The smallest absolute Gasteiger partial charge is 0.310 e. The van der Waals surface area contributed by atoms with Crippen LogP contribution in [-0.4, -0.2) is 56.8 Å². The van der Waals surface area contributed by atoms with Gasteiger partial charge in [-0.1, -0.05) is 6.07 Å². The van der Waals surface area contributed by atoms with Gasteiger partial charge in [0, 0.05) is 32.4 Å². The highest BCUT2D eigenvalue weighted by atomic mass is 32.1. The summed E-state index contributed by atoms with van der Waals surface area (Å²) >= 11 is 1.71. The summed E-state index contributed by atoms with van der Waals surface area (Å²) in [5.41, 5.74) is 1.36. The molecule has 0 saturated carbocycles. The summed E-state index contributed by atoms with van der Waals surface area (Å²) in [6.45, 7) is 5.30. The number of piperidine rings is 1. The van der Waals surface area contributed by atoms with Gasteiger partial charge in [0.25, 0.3) is 5.91 Å². The van der Waals surface area contributed by atoms with Crippen molar-refractivity contribution in [3.05, 3.63) is 52.5 Å². The van der Waals surface area contributed by atoms with Gasteiger partial charge in [0.1, 0.15) is 5.54 Å². The number of thiophene rings is 1. The number of imide groups is 1. The lowest BCUT2D eigenvalue weighted by molar-refractivity contribution is -0.136. The van der Waals surface area contributed by atoms with Gasteiger partial charge in [-0.25, -0.2) is 4.79 Å². The summed E-state index contributed by atoms with van der Waals surface area (Å²) in [7, 11) is 0. The molecule has 2 saturated heterocycles. The van der Waals surface area contributed by atoms with E-state index in [2.05, 4.69) is 26.7 Å². The standard InChI is InChI=1S/C20H24N4O2S/c1-2-24-19(26)23(14-17-5-3-4-9-21-17)18(25)20(24)7-10-22(11-8-20)13-16-6-12-27-15-16/h3-6,9,12,15H,2,7-8,10-11,13-14H2,1H3. The van der Waals surface area contributed by atoms with Crippen LogP contribution in [0.15, 0.2) is 41.2 Å². The molecule has 6 nitrogen and oxygen atoms in total. The maximum Gasteiger partial charge on any atom is 0.328 e. The largest absolute Gasteiger partial charge is 0.328 e. The van der Waals surface area contributed by atoms with E-state index in [4.69, 9.17) is 0 Å². The van der Waals surface area contributed by atoms with Crippen LogP contribution in [0.4, 0.5) is 4.79 Å². The SMILES string of the molecule is CCN1C(=O)N(Cc2ccccn2)C(=O)C12CCN(Cc1ccsc1)CC2. The molecule has 2 aliphatic rings. The predicted octanol–water partition coefficient (Wildman–Crippen LogP) is 2.96. The highest BCUT2D eigenvalue weighted by molar-refractivity contribution is 7.07. The average Bonchev–Trinajstić information content (AvgIpc) is 3.26. The van der Waals surface area contributed by atoms with Gasteiger partial charge in [-0.15, -0.1) is 0 Å². The van der Waals surface area contributed by atoms with Crippen LogP contribution in [0.25, 0.3) is 0 Å². The predicted molar refractivity (Wildman–Crippen MR) is 104 cm³/mol. The molecule has 142 valence electrons. The molecule has 4 rings (SSSR count). The maximum absolute atomic E-state index is 13.3. The molecule has 0 bridgehead atoms. The Hall–Kier alpha value is -2.25. The van der Waals surface area contributed by atoms with Crippen LogP contribution in [0.3, 0.4) is 0 Å². The van der Waals surface area contributed by atoms with Crippen LogP contribution in [0.2, 0.25) is 0 Å². The Morgan fingerprint density at radius 3 is 2.59 bits per heavy atom. The van der Waals surface area contributed by atoms with E-state index in [0.717, 1.165) is 25.3 Å². The monoisotopic (exact) mass is 384 g/mol. The van der Waals surface area contributed by atoms with Crippen molar-refractivity contribution < 1.29 is 9.59 Å². The van der Waals surface area contributed by atoms with Crippen molar-refractivity contribution >= 4 is 23.3 Å². The molecule has 27 heavy (non-hydrogen) atoms. The van der Waals surface area contributed by atoms with E-state index in [1.807, 2.05) is 25.1 Å². The third kappa shape index (κ3) is 3.26. The van der Waals surface area contributed by atoms with Crippen molar-refractivity contribution in [3.8, 4) is 0 Å². The molecule has 2 fully saturated rings. The van der Waals surface area contributed by atoms with Crippen molar-refractivity contribution in [1.82, 2.24) is 19.7 Å². The number of likely N-dealkylation sites (tertiary alicyclic amines) is 1. The fourth-order valence-corrected chi connectivity index (χ4v) is 4.88. The Morgan fingerprint density at radius 1 is 1.15 bits per heavy atom. The van der Waals surface area contributed by atoms with Crippen LogP contribution in [0.1, 0.15) is 31.0 Å². The van der Waals surface area contributed by atoms with Gasteiger partial charge in [0.15, 0.2) is 0 Å². The van der Waals surface area contributed by atoms with E-state index in [-0.39, 0.29) is 18.5 Å². The van der Waals surface area contributed by atoms with Crippen LogP contribution in [-0.2, 0) is 17.9 Å². The van der Waals surface area contributed by atoms with Gasteiger partial charge in [-0.05, 0) is 54.3 Å². The highest BCUT2D eigenvalue weighted by Crippen LogP contribution is 2.38. The minimum absolute atomic E-state index is 0.0600. The van der Waals surface area contributed by atoms with E-state index in [9.17, 15) is 9.59 Å². The Balaban J connectivity index is 1.50. The maximum atomic E-state index is 13.3. The van der Waals surface area contributed by atoms with Gasteiger partial charge < -0.3 is 4.90 Å². The molecule has 0 unspecified atom stereocenters. The summed E-state index contributed by atoms with van der Waals surface area (Å²) < 4.78 is 0. The number of hydrogen-bond donors (Lipinski definition) is 0. The Kier molecular flexibility index (Phi) is 4.97. The summed E-state index contributed by atoms with van der Waals surface area (Å²) in [5, 5.41) is 4.26. The molecule has 2 aromatic rings. The van der Waals surface area contributed by atoms with E-state index >= 15 is 0 Å². The first-order chi connectivity index (χ1) is 13.1. The lowest BCUT2D eigenvalue weighted by Gasteiger charge is -2.41. The third-order valence-corrected chi connectivity index (χ3v) is 6.39. The molecule has 0 aromatic carbocycles. The number of pyridine rings is 1. The zero-order valence-electron chi connectivity index (χ0n) is 15.5. The zero-order chi connectivity index (χ0) is 18.9. The normalized spacial score (nSPS) is 20.0. The molecule has 0 atom stereocenters. The zero-order valence-corrected chi connectivity index (χ0v) is 16.3. The molecule has 7 heteroatoms. The molecule has 2 aromatic heterocycles. The number of rotatable bonds is 5. The summed E-state index contributed by atoms with van der Waals surface area (Å²) in [6.07, 6.45) is 3.07. The number of urea groups is 1. The molecule has 1 spiro atoms. The van der Waals surface area contributed by atoms with Crippen LogP contribution < -0.4 is 0 Å². The summed E-state index contributed by atoms with van der Waals surface area (Å²) in [5.74, 6) is -0.0600. The van der Waals surface area contributed by atoms with E-state index in [1.54, 1.807) is 22.4 Å². The molecule has 0 radical (unpaired) electrons. The Morgan fingerprint density at radius 2 is 1.96 bits per heavy atom.